The van der Waals surface area contributed by atoms with Gasteiger partial charge in [-0.25, -0.2) is 9.18 Å². The SMILES string of the molecule is COc1ccc(C(=O)OCC(=O)c2ccc(CNC(C)=O)s2)c(F)c1. The Morgan fingerprint density at radius 2 is 1.96 bits per heavy atom. The van der Waals surface area contributed by atoms with Gasteiger partial charge < -0.3 is 14.8 Å². The second-order valence-corrected chi connectivity index (χ2v) is 6.19. The number of carbonyl (C=O) groups is 3. The van der Waals surface area contributed by atoms with Crippen LogP contribution < -0.4 is 10.1 Å². The predicted molar refractivity (Wildman–Crippen MR) is 89.4 cm³/mol. The number of ketones is 1. The van der Waals surface area contributed by atoms with Crippen molar-refractivity contribution < 1.29 is 28.2 Å². The Balaban J connectivity index is 1.93. The lowest BCUT2D eigenvalue weighted by molar-refractivity contribution is -0.119. The van der Waals surface area contributed by atoms with Crippen LogP contribution in [0.15, 0.2) is 30.3 Å². The van der Waals surface area contributed by atoms with Gasteiger partial charge in [-0.2, -0.15) is 0 Å². The van der Waals surface area contributed by atoms with Crippen molar-refractivity contribution in [2.24, 2.45) is 0 Å². The number of carbonyl (C=O) groups excluding carboxylic acids is 3. The van der Waals surface area contributed by atoms with Crippen LogP contribution in [0.2, 0.25) is 0 Å². The molecule has 1 amide bonds. The van der Waals surface area contributed by atoms with E-state index in [4.69, 9.17) is 9.47 Å². The van der Waals surface area contributed by atoms with E-state index in [0.29, 0.717) is 11.4 Å². The third-order valence-corrected chi connectivity index (χ3v) is 4.30. The summed E-state index contributed by atoms with van der Waals surface area (Å²) in [7, 11) is 1.38. The second kappa shape index (κ2) is 8.39. The molecule has 8 heteroatoms. The quantitative estimate of drug-likeness (QED) is 0.602. The van der Waals surface area contributed by atoms with Gasteiger partial charge in [0.05, 0.1) is 24.1 Å². The van der Waals surface area contributed by atoms with E-state index in [9.17, 15) is 18.8 Å². The minimum atomic E-state index is -0.927. The molecule has 132 valence electrons. The molecule has 0 saturated heterocycles. The summed E-state index contributed by atoms with van der Waals surface area (Å²) in [6.07, 6.45) is 0. The fourth-order valence-electron chi connectivity index (χ4n) is 1.90. The van der Waals surface area contributed by atoms with Gasteiger partial charge in [0, 0.05) is 17.9 Å². The average molecular weight is 365 g/mol. The summed E-state index contributed by atoms with van der Waals surface area (Å²) < 4.78 is 23.5. The summed E-state index contributed by atoms with van der Waals surface area (Å²) in [5, 5.41) is 2.62. The van der Waals surface area contributed by atoms with Crippen LogP contribution in [0.25, 0.3) is 0 Å². The van der Waals surface area contributed by atoms with Gasteiger partial charge in [-0.05, 0) is 24.3 Å². The third kappa shape index (κ3) is 5.12. The zero-order valence-electron chi connectivity index (χ0n) is 13.6. The lowest BCUT2D eigenvalue weighted by atomic mass is 10.2. The lowest BCUT2D eigenvalue weighted by Gasteiger charge is -2.06. The minimum Gasteiger partial charge on any atom is -0.497 e. The number of methoxy groups -OCH3 is 1. The molecule has 0 atom stereocenters. The molecule has 6 nitrogen and oxygen atoms in total. The van der Waals surface area contributed by atoms with E-state index in [1.54, 1.807) is 12.1 Å². The fraction of sp³-hybridized carbons (Fsp3) is 0.235. The maximum atomic E-state index is 13.8. The molecule has 0 bridgehead atoms. The molecule has 25 heavy (non-hydrogen) atoms. The molecular weight excluding hydrogens is 349 g/mol. The summed E-state index contributed by atoms with van der Waals surface area (Å²) >= 11 is 1.19. The van der Waals surface area contributed by atoms with Crippen molar-refractivity contribution in [1.29, 1.82) is 0 Å². The van der Waals surface area contributed by atoms with Crippen LogP contribution in [0.5, 0.6) is 5.75 Å². The highest BCUT2D eigenvalue weighted by atomic mass is 32.1. The monoisotopic (exact) mass is 365 g/mol. The molecular formula is C17H16FNO5S. The number of amides is 1. The first-order valence-electron chi connectivity index (χ1n) is 7.27. The van der Waals surface area contributed by atoms with Gasteiger partial charge in [0.15, 0.2) is 6.61 Å². The molecule has 0 saturated carbocycles. The fourth-order valence-corrected chi connectivity index (χ4v) is 2.77. The lowest BCUT2D eigenvalue weighted by Crippen LogP contribution is -2.18. The minimum absolute atomic E-state index is 0.170. The number of benzene rings is 1. The van der Waals surface area contributed by atoms with E-state index in [-0.39, 0.29) is 17.2 Å². The zero-order valence-corrected chi connectivity index (χ0v) is 14.4. The van der Waals surface area contributed by atoms with Gasteiger partial charge in [0.2, 0.25) is 11.7 Å². The van der Waals surface area contributed by atoms with E-state index < -0.39 is 24.2 Å². The number of Topliss-reactive ketones (excluding diaryl/α,β-unsaturated/α-hetero) is 1. The number of hydrogen-bond donors (Lipinski definition) is 1. The standard InChI is InChI=1S/C17H16FNO5S/c1-10(20)19-8-12-4-6-16(25-12)15(21)9-24-17(22)13-5-3-11(23-2)7-14(13)18/h3-7H,8-9H2,1-2H3,(H,19,20). The van der Waals surface area contributed by atoms with Gasteiger partial charge in [0.1, 0.15) is 11.6 Å². The van der Waals surface area contributed by atoms with Crippen LogP contribution in [0.3, 0.4) is 0 Å². The first-order chi connectivity index (χ1) is 11.9. The molecule has 0 aliphatic rings. The second-order valence-electron chi connectivity index (χ2n) is 5.02. The zero-order chi connectivity index (χ0) is 18.4. The summed E-state index contributed by atoms with van der Waals surface area (Å²) in [6.45, 7) is 1.23. The normalized spacial score (nSPS) is 10.2. The molecule has 1 N–H and O–H groups in total. The van der Waals surface area contributed by atoms with Crippen LogP contribution >= 0.6 is 11.3 Å². The number of nitrogens with one attached hydrogen (secondary N) is 1. The Morgan fingerprint density at radius 1 is 1.20 bits per heavy atom. The largest absolute Gasteiger partial charge is 0.497 e. The van der Waals surface area contributed by atoms with Crippen molar-refractivity contribution in [3.63, 3.8) is 0 Å². The van der Waals surface area contributed by atoms with Gasteiger partial charge in [-0.1, -0.05) is 0 Å². The Hall–Kier alpha value is -2.74. The predicted octanol–water partition coefficient (Wildman–Crippen LogP) is 2.57. The summed E-state index contributed by atoms with van der Waals surface area (Å²) in [6, 6.07) is 7.02. The van der Waals surface area contributed by atoms with Gasteiger partial charge in [-0.3, -0.25) is 9.59 Å². The highest BCUT2D eigenvalue weighted by Crippen LogP contribution is 2.19. The number of hydrogen-bond acceptors (Lipinski definition) is 6. The summed E-state index contributed by atoms with van der Waals surface area (Å²) in [5.74, 6) is -2.01. The smallest absolute Gasteiger partial charge is 0.341 e. The van der Waals surface area contributed by atoms with E-state index >= 15 is 0 Å². The molecule has 0 unspecified atom stereocenters. The van der Waals surface area contributed by atoms with Crippen molar-refractivity contribution >= 4 is 29.0 Å². The Kier molecular flexibility index (Phi) is 6.24. The molecule has 0 radical (unpaired) electrons. The van der Waals surface area contributed by atoms with E-state index in [0.717, 1.165) is 10.9 Å². The Morgan fingerprint density at radius 3 is 2.60 bits per heavy atom. The van der Waals surface area contributed by atoms with Crippen LogP contribution in [0.4, 0.5) is 4.39 Å². The van der Waals surface area contributed by atoms with Crippen molar-refractivity contribution in [3.8, 4) is 5.75 Å². The molecule has 1 aromatic heterocycles. The summed E-state index contributed by atoms with van der Waals surface area (Å²) in [4.78, 5) is 36.0. The van der Waals surface area contributed by atoms with Crippen LogP contribution in [0.1, 0.15) is 31.8 Å². The first-order valence-corrected chi connectivity index (χ1v) is 8.09. The van der Waals surface area contributed by atoms with Gasteiger partial charge in [-0.15, -0.1) is 11.3 Å². The van der Waals surface area contributed by atoms with Crippen LogP contribution in [-0.4, -0.2) is 31.4 Å². The van der Waals surface area contributed by atoms with Crippen molar-refractivity contribution in [2.75, 3.05) is 13.7 Å². The molecule has 1 heterocycles. The van der Waals surface area contributed by atoms with E-state index in [1.165, 1.54) is 37.5 Å². The summed E-state index contributed by atoms with van der Waals surface area (Å²) in [5.41, 5.74) is -0.272. The molecule has 1 aromatic carbocycles. The molecule has 2 aromatic rings. The topological polar surface area (TPSA) is 81.7 Å². The first kappa shape index (κ1) is 18.6. The highest BCUT2D eigenvalue weighted by molar-refractivity contribution is 7.14. The maximum Gasteiger partial charge on any atom is 0.341 e. The average Bonchev–Trinajstić information content (AvgIpc) is 3.06. The van der Waals surface area contributed by atoms with Crippen molar-refractivity contribution in [3.05, 3.63) is 51.5 Å². The van der Waals surface area contributed by atoms with Crippen molar-refractivity contribution in [2.45, 2.75) is 13.5 Å². The van der Waals surface area contributed by atoms with E-state index in [1.807, 2.05) is 0 Å². The number of ether oxygens (including phenoxy) is 2. The van der Waals surface area contributed by atoms with Crippen LogP contribution in [0, 0.1) is 5.82 Å². The Bertz CT molecular complexity index is 802. The molecule has 0 aliphatic carbocycles. The van der Waals surface area contributed by atoms with Gasteiger partial charge in [0.25, 0.3) is 0 Å². The van der Waals surface area contributed by atoms with Crippen LogP contribution in [-0.2, 0) is 16.1 Å². The molecule has 0 spiro atoms. The maximum absolute atomic E-state index is 13.8. The number of thiophene rings is 1. The van der Waals surface area contributed by atoms with E-state index in [2.05, 4.69) is 5.32 Å². The van der Waals surface area contributed by atoms with Gasteiger partial charge >= 0.3 is 5.97 Å². The van der Waals surface area contributed by atoms with Crippen molar-refractivity contribution in [1.82, 2.24) is 5.32 Å². The molecule has 2 rings (SSSR count). The Labute approximate surface area is 147 Å². The highest BCUT2D eigenvalue weighted by Gasteiger charge is 2.17. The third-order valence-electron chi connectivity index (χ3n) is 3.18. The molecule has 0 fully saturated rings. The molecule has 0 aliphatic heterocycles. The number of halogens is 1. The number of rotatable bonds is 7. The number of esters is 1.